The van der Waals surface area contributed by atoms with E-state index in [9.17, 15) is 4.79 Å². The standard InChI is InChI=1S/C12H15BrO2/c1-3-15-11-5-4-10(7-13)12(6-11)9(2)8-14/h4-6,8-9H,3,7H2,1-2H3. The largest absolute Gasteiger partial charge is 0.494 e. The van der Waals surface area contributed by atoms with Gasteiger partial charge >= 0.3 is 0 Å². The van der Waals surface area contributed by atoms with Crippen LogP contribution in [-0.2, 0) is 10.1 Å². The minimum absolute atomic E-state index is 0.0852. The van der Waals surface area contributed by atoms with Gasteiger partial charge in [0.1, 0.15) is 12.0 Å². The number of alkyl halides is 1. The number of halogens is 1. The van der Waals surface area contributed by atoms with Crippen molar-refractivity contribution in [3.05, 3.63) is 29.3 Å². The maximum absolute atomic E-state index is 10.8. The highest BCUT2D eigenvalue weighted by Gasteiger charge is 2.10. The first-order valence-electron chi connectivity index (χ1n) is 4.99. The minimum atomic E-state index is -0.0852. The van der Waals surface area contributed by atoms with Gasteiger partial charge in [0.25, 0.3) is 0 Å². The fraction of sp³-hybridized carbons (Fsp3) is 0.417. The van der Waals surface area contributed by atoms with Gasteiger partial charge in [0.2, 0.25) is 0 Å². The normalized spacial score (nSPS) is 12.2. The van der Waals surface area contributed by atoms with Crippen LogP contribution in [0, 0.1) is 0 Å². The third-order valence-corrected chi connectivity index (χ3v) is 2.87. The zero-order valence-electron chi connectivity index (χ0n) is 9.00. The van der Waals surface area contributed by atoms with Crippen LogP contribution in [0.2, 0.25) is 0 Å². The fourth-order valence-corrected chi connectivity index (χ4v) is 1.96. The Morgan fingerprint density at radius 2 is 2.27 bits per heavy atom. The summed E-state index contributed by atoms with van der Waals surface area (Å²) in [4.78, 5) is 10.8. The molecule has 0 amide bonds. The van der Waals surface area contributed by atoms with Crippen molar-refractivity contribution in [2.45, 2.75) is 25.1 Å². The van der Waals surface area contributed by atoms with Gasteiger partial charge in [-0.1, -0.05) is 28.9 Å². The molecule has 0 spiro atoms. The van der Waals surface area contributed by atoms with E-state index in [-0.39, 0.29) is 5.92 Å². The van der Waals surface area contributed by atoms with Crippen molar-refractivity contribution in [1.29, 1.82) is 0 Å². The molecule has 0 fully saturated rings. The molecule has 0 N–H and O–H groups in total. The summed E-state index contributed by atoms with van der Waals surface area (Å²) >= 11 is 3.41. The van der Waals surface area contributed by atoms with Crippen LogP contribution < -0.4 is 4.74 Å². The Kier molecular flexibility index (Phi) is 4.82. The lowest BCUT2D eigenvalue weighted by Gasteiger charge is -2.12. The van der Waals surface area contributed by atoms with E-state index < -0.39 is 0 Å². The number of hydrogen-bond acceptors (Lipinski definition) is 2. The molecule has 2 nitrogen and oxygen atoms in total. The maximum Gasteiger partial charge on any atom is 0.127 e. The molecule has 0 radical (unpaired) electrons. The molecule has 1 rings (SSSR count). The van der Waals surface area contributed by atoms with E-state index >= 15 is 0 Å². The number of carbonyl (C=O) groups is 1. The van der Waals surface area contributed by atoms with Crippen LogP contribution in [0.25, 0.3) is 0 Å². The Labute approximate surface area is 98.8 Å². The second-order valence-corrected chi connectivity index (χ2v) is 3.91. The molecular formula is C12H15BrO2. The maximum atomic E-state index is 10.8. The lowest BCUT2D eigenvalue weighted by molar-refractivity contribution is -0.108. The summed E-state index contributed by atoms with van der Waals surface area (Å²) in [6.07, 6.45) is 0.956. The highest BCUT2D eigenvalue weighted by molar-refractivity contribution is 9.08. The Bertz CT molecular complexity index is 336. The van der Waals surface area contributed by atoms with Crippen molar-refractivity contribution < 1.29 is 9.53 Å². The first-order chi connectivity index (χ1) is 7.22. The van der Waals surface area contributed by atoms with E-state index in [0.29, 0.717) is 6.61 Å². The van der Waals surface area contributed by atoms with Crippen molar-refractivity contribution >= 4 is 22.2 Å². The third kappa shape index (κ3) is 3.06. The van der Waals surface area contributed by atoms with Gasteiger partial charge in [-0.25, -0.2) is 0 Å². The predicted octanol–water partition coefficient (Wildman–Crippen LogP) is 3.28. The van der Waals surface area contributed by atoms with Crippen LogP contribution in [0.3, 0.4) is 0 Å². The van der Waals surface area contributed by atoms with E-state index in [4.69, 9.17) is 4.74 Å². The van der Waals surface area contributed by atoms with Crippen LogP contribution in [-0.4, -0.2) is 12.9 Å². The van der Waals surface area contributed by atoms with Crippen molar-refractivity contribution in [3.8, 4) is 5.75 Å². The zero-order valence-corrected chi connectivity index (χ0v) is 10.6. The summed E-state index contributed by atoms with van der Waals surface area (Å²) in [5.74, 6) is 0.740. The van der Waals surface area contributed by atoms with Crippen molar-refractivity contribution in [2.75, 3.05) is 6.61 Å². The zero-order chi connectivity index (χ0) is 11.3. The number of benzene rings is 1. The summed E-state index contributed by atoms with van der Waals surface area (Å²) in [6, 6.07) is 5.87. The van der Waals surface area contributed by atoms with Gasteiger partial charge in [-0.2, -0.15) is 0 Å². The van der Waals surface area contributed by atoms with Gasteiger partial charge in [0, 0.05) is 11.2 Å². The Hall–Kier alpha value is -0.830. The summed E-state index contributed by atoms with van der Waals surface area (Å²) < 4.78 is 5.41. The molecule has 15 heavy (non-hydrogen) atoms. The van der Waals surface area contributed by atoms with Crippen LogP contribution in [0.15, 0.2) is 18.2 Å². The lowest BCUT2D eigenvalue weighted by Crippen LogP contribution is -2.01. The van der Waals surface area contributed by atoms with Gasteiger partial charge in [-0.15, -0.1) is 0 Å². The monoisotopic (exact) mass is 270 g/mol. The highest BCUT2D eigenvalue weighted by Crippen LogP contribution is 2.25. The van der Waals surface area contributed by atoms with Crippen molar-refractivity contribution in [2.24, 2.45) is 0 Å². The molecule has 0 heterocycles. The van der Waals surface area contributed by atoms with Gasteiger partial charge in [-0.05, 0) is 30.2 Å². The summed E-state index contributed by atoms with van der Waals surface area (Å²) in [5, 5.41) is 0.757. The Morgan fingerprint density at radius 3 is 2.80 bits per heavy atom. The highest BCUT2D eigenvalue weighted by atomic mass is 79.9. The van der Waals surface area contributed by atoms with Crippen LogP contribution in [0.1, 0.15) is 30.9 Å². The van der Waals surface area contributed by atoms with Crippen LogP contribution in [0.4, 0.5) is 0 Å². The van der Waals surface area contributed by atoms with E-state index in [1.807, 2.05) is 32.0 Å². The summed E-state index contributed by atoms with van der Waals surface area (Å²) in [6.45, 7) is 4.48. The Morgan fingerprint density at radius 1 is 1.53 bits per heavy atom. The average Bonchev–Trinajstić information content (AvgIpc) is 2.28. The molecule has 1 aromatic carbocycles. The van der Waals surface area contributed by atoms with Gasteiger partial charge in [0.05, 0.1) is 6.61 Å². The number of rotatable bonds is 5. The van der Waals surface area contributed by atoms with Crippen LogP contribution >= 0.6 is 15.9 Å². The van der Waals surface area contributed by atoms with E-state index in [0.717, 1.165) is 28.5 Å². The molecule has 1 atom stereocenters. The summed E-state index contributed by atoms with van der Waals surface area (Å²) in [5.41, 5.74) is 2.17. The van der Waals surface area contributed by atoms with E-state index in [1.54, 1.807) is 0 Å². The molecule has 0 aliphatic heterocycles. The van der Waals surface area contributed by atoms with Gasteiger partial charge < -0.3 is 9.53 Å². The third-order valence-electron chi connectivity index (χ3n) is 2.27. The first kappa shape index (κ1) is 12.2. The quantitative estimate of drug-likeness (QED) is 0.606. The fourth-order valence-electron chi connectivity index (χ4n) is 1.45. The second-order valence-electron chi connectivity index (χ2n) is 3.35. The first-order valence-corrected chi connectivity index (χ1v) is 6.12. The van der Waals surface area contributed by atoms with Gasteiger partial charge in [-0.3, -0.25) is 0 Å². The summed E-state index contributed by atoms with van der Waals surface area (Å²) in [7, 11) is 0. The van der Waals surface area contributed by atoms with Crippen molar-refractivity contribution in [1.82, 2.24) is 0 Å². The smallest absolute Gasteiger partial charge is 0.127 e. The predicted molar refractivity (Wildman–Crippen MR) is 64.7 cm³/mol. The van der Waals surface area contributed by atoms with Crippen LogP contribution in [0.5, 0.6) is 5.75 Å². The second kappa shape index (κ2) is 5.91. The molecular weight excluding hydrogens is 256 g/mol. The minimum Gasteiger partial charge on any atom is -0.494 e. The molecule has 0 aliphatic rings. The number of hydrogen-bond donors (Lipinski definition) is 0. The Balaban J connectivity index is 3.06. The van der Waals surface area contributed by atoms with Gasteiger partial charge in [0.15, 0.2) is 0 Å². The molecule has 82 valence electrons. The number of ether oxygens (including phenoxy) is 1. The molecule has 0 aromatic heterocycles. The number of carbonyl (C=O) groups excluding carboxylic acids is 1. The molecule has 1 unspecified atom stereocenters. The average molecular weight is 271 g/mol. The molecule has 0 bridgehead atoms. The molecule has 0 saturated carbocycles. The SMILES string of the molecule is CCOc1ccc(CBr)c(C(C)C=O)c1. The number of aldehydes is 1. The molecule has 0 aliphatic carbocycles. The molecule has 0 saturated heterocycles. The van der Waals surface area contributed by atoms with E-state index in [1.165, 1.54) is 0 Å². The topological polar surface area (TPSA) is 26.3 Å². The molecule has 3 heteroatoms. The lowest BCUT2D eigenvalue weighted by atomic mass is 9.97. The molecule has 1 aromatic rings. The van der Waals surface area contributed by atoms with Crippen molar-refractivity contribution in [3.63, 3.8) is 0 Å². The van der Waals surface area contributed by atoms with E-state index in [2.05, 4.69) is 15.9 Å².